The maximum absolute atomic E-state index is 12.3. The molecule has 1 aliphatic heterocycles. The van der Waals surface area contributed by atoms with Gasteiger partial charge < -0.3 is 4.74 Å². The molecule has 9 heteroatoms. The number of hydrogen-bond donors (Lipinski definition) is 0. The molecule has 2 amide bonds. The number of cyclic esters (lactones) is 1. The van der Waals surface area contributed by atoms with E-state index >= 15 is 0 Å². The van der Waals surface area contributed by atoms with Crippen LogP contribution in [0, 0.1) is 0 Å². The number of ether oxygens (including phenoxy) is 1. The van der Waals surface area contributed by atoms with Crippen molar-refractivity contribution in [1.82, 2.24) is 19.7 Å². The first-order valence-electron chi connectivity index (χ1n) is 8.95. The van der Waals surface area contributed by atoms with Crippen LogP contribution < -0.4 is 0 Å². The molecule has 7 nitrogen and oxygen atoms in total. The van der Waals surface area contributed by atoms with Gasteiger partial charge in [-0.2, -0.15) is 0 Å². The maximum atomic E-state index is 12.3. The zero-order valence-electron chi connectivity index (χ0n) is 14.6. The third kappa shape index (κ3) is 3.68. The molecule has 2 heterocycles. The second kappa shape index (κ2) is 7.90. The fourth-order valence-electron chi connectivity index (χ4n) is 3.52. The van der Waals surface area contributed by atoms with Gasteiger partial charge in [0.15, 0.2) is 11.0 Å². The molecule has 1 aromatic heterocycles. The molecule has 142 valence electrons. The SMILES string of the molecule is O=C(CSc1nnc(-c2ccccc2Cl)n1C1CCCC1)N1CCOC1=O. The van der Waals surface area contributed by atoms with E-state index in [9.17, 15) is 9.59 Å². The Hall–Kier alpha value is -2.06. The van der Waals surface area contributed by atoms with Crippen LogP contribution in [-0.4, -0.2) is 50.6 Å². The van der Waals surface area contributed by atoms with Crippen LogP contribution in [0.25, 0.3) is 11.4 Å². The summed E-state index contributed by atoms with van der Waals surface area (Å²) in [7, 11) is 0. The smallest absolute Gasteiger partial charge is 0.416 e. The van der Waals surface area contributed by atoms with Crippen molar-refractivity contribution in [3.63, 3.8) is 0 Å². The predicted octanol–water partition coefficient (Wildman–Crippen LogP) is 3.78. The molecule has 0 spiro atoms. The summed E-state index contributed by atoms with van der Waals surface area (Å²) in [6.45, 7) is 0.558. The lowest BCUT2D eigenvalue weighted by Gasteiger charge is -2.17. The fourth-order valence-corrected chi connectivity index (χ4v) is 4.62. The summed E-state index contributed by atoms with van der Waals surface area (Å²) >= 11 is 7.68. The minimum absolute atomic E-state index is 0.114. The molecule has 1 aliphatic carbocycles. The Kier molecular flexibility index (Phi) is 5.36. The normalized spacial score (nSPS) is 17.5. The van der Waals surface area contributed by atoms with Gasteiger partial charge in [-0.05, 0) is 25.0 Å². The van der Waals surface area contributed by atoms with Gasteiger partial charge in [-0.3, -0.25) is 9.36 Å². The minimum atomic E-state index is -0.574. The van der Waals surface area contributed by atoms with E-state index in [-0.39, 0.29) is 18.3 Å². The van der Waals surface area contributed by atoms with Crippen LogP contribution in [0.15, 0.2) is 29.4 Å². The second-order valence-corrected chi connectivity index (χ2v) is 7.89. The van der Waals surface area contributed by atoms with Crippen LogP contribution in [0.4, 0.5) is 4.79 Å². The van der Waals surface area contributed by atoms with E-state index in [1.165, 1.54) is 11.8 Å². The summed E-state index contributed by atoms with van der Waals surface area (Å²) in [6.07, 6.45) is 3.85. The molecule has 0 unspecified atom stereocenters. The standard InChI is InChI=1S/C18H19ClN4O3S/c19-14-8-4-3-7-13(14)16-20-21-17(23(16)12-5-1-2-6-12)27-11-15(24)22-9-10-26-18(22)25/h3-4,7-8,12H,1-2,5-6,9-11H2. The van der Waals surface area contributed by atoms with Gasteiger partial charge in [0, 0.05) is 11.6 Å². The first-order valence-corrected chi connectivity index (χ1v) is 10.3. The molecule has 2 aromatic rings. The predicted molar refractivity (Wildman–Crippen MR) is 102 cm³/mol. The molecule has 2 fully saturated rings. The van der Waals surface area contributed by atoms with Crippen molar-refractivity contribution >= 4 is 35.4 Å². The van der Waals surface area contributed by atoms with Crippen molar-refractivity contribution in [2.45, 2.75) is 36.9 Å². The average Bonchev–Trinajstić information content (AvgIpc) is 3.40. The van der Waals surface area contributed by atoms with Crippen molar-refractivity contribution in [2.75, 3.05) is 18.9 Å². The van der Waals surface area contributed by atoms with Gasteiger partial charge >= 0.3 is 6.09 Å². The number of benzene rings is 1. The molecule has 27 heavy (non-hydrogen) atoms. The quantitative estimate of drug-likeness (QED) is 0.703. The number of amides is 2. The molecule has 0 N–H and O–H groups in total. The van der Waals surface area contributed by atoms with Crippen molar-refractivity contribution in [2.24, 2.45) is 0 Å². The molecule has 0 atom stereocenters. The number of thioether (sulfide) groups is 1. The van der Waals surface area contributed by atoms with E-state index in [4.69, 9.17) is 16.3 Å². The van der Waals surface area contributed by atoms with Crippen molar-refractivity contribution in [1.29, 1.82) is 0 Å². The highest BCUT2D eigenvalue weighted by atomic mass is 35.5. The Bertz CT molecular complexity index is 866. The van der Waals surface area contributed by atoms with Crippen LogP contribution in [0.2, 0.25) is 5.02 Å². The van der Waals surface area contributed by atoms with Gasteiger partial charge in [0.1, 0.15) is 6.61 Å². The molecule has 4 rings (SSSR count). The number of imide groups is 1. The number of nitrogens with zero attached hydrogens (tertiary/aromatic N) is 4. The number of carbonyl (C=O) groups is 2. The third-order valence-corrected chi connectivity index (χ3v) is 6.11. The van der Waals surface area contributed by atoms with Crippen LogP contribution >= 0.6 is 23.4 Å². The number of aromatic nitrogens is 3. The van der Waals surface area contributed by atoms with Crippen molar-refractivity contribution < 1.29 is 14.3 Å². The first kappa shape index (κ1) is 18.3. The van der Waals surface area contributed by atoms with E-state index in [1.807, 2.05) is 24.3 Å². The summed E-state index contributed by atoms with van der Waals surface area (Å²) < 4.78 is 6.93. The summed E-state index contributed by atoms with van der Waals surface area (Å²) in [6, 6.07) is 7.86. The number of hydrogen-bond acceptors (Lipinski definition) is 6. The average molecular weight is 407 g/mol. The summed E-state index contributed by atoms with van der Waals surface area (Å²) in [5.74, 6) is 0.563. The van der Waals surface area contributed by atoms with Crippen molar-refractivity contribution in [3.05, 3.63) is 29.3 Å². The summed E-state index contributed by atoms with van der Waals surface area (Å²) in [4.78, 5) is 25.0. The lowest BCUT2D eigenvalue weighted by Crippen LogP contribution is -2.33. The summed E-state index contributed by atoms with van der Waals surface area (Å²) in [5.41, 5.74) is 0.833. The Labute approximate surface area is 166 Å². The third-order valence-electron chi connectivity index (χ3n) is 4.86. The Morgan fingerprint density at radius 3 is 2.74 bits per heavy atom. The van der Waals surface area contributed by atoms with E-state index in [0.29, 0.717) is 22.8 Å². The van der Waals surface area contributed by atoms with E-state index in [2.05, 4.69) is 14.8 Å². The fraction of sp³-hybridized carbons (Fsp3) is 0.444. The van der Waals surface area contributed by atoms with Crippen LogP contribution in [-0.2, 0) is 9.53 Å². The zero-order valence-corrected chi connectivity index (χ0v) is 16.2. The summed E-state index contributed by atoms with van der Waals surface area (Å²) in [5, 5.41) is 10.00. The molecular formula is C18H19ClN4O3S. The molecular weight excluding hydrogens is 388 g/mol. The van der Waals surface area contributed by atoms with Crippen molar-refractivity contribution in [3.8, 4) is 11.4 Å². The molecule has 1 aromatic carbocycles. The van der Waals surface area contributed by atoms with Crippen LogP contribution in [0.3, 0.4) is 0 Å². The highest BCUT2D eigenvalue weighted by Crippen LogP contribution is 2.38. The molecule has 0 bridgehead atoms. The molecule has 1 saturated heterocycles. The maximum Gasteiger partial charge on any atom is 0.416 e. The minimum Gasteiger partial charge on any atom is -0.447 e. The highest BCUT2D eigenvalue weighted by Gasteiger charge is 2.30. The monoisotopic (exact) mass is 406 g/mol. The van der Waals surface area contributed by atoms with E-state index in [1.54, 1.807) is 0 Å². The zero-order chi connectivity index (χ0) is 18.8. The van der Waals surface area contributed by atoms with Gasteiger partial charge in [-0.25, -0.2) is 9.69 Å². The van der Waals surface area contributed by atoms with Gasteiger partial charge in [-0.1, -0.05) is 48.3 Å². The van der Waals surface area contributed by atoms with Gasteiger partial charge in [0.2, 0.25) is 5.91 Å². The van der Waals surface area contributed by atoms with Crippen LogP contribution in [0.1, 0.15) is 31.7 Å². The molecule has 0 radical (unpaired) electrons. The Morgan fingerprint density at radius 2 is 2.04 bits per heavy atom. The topological polar surface area (TPSA) is 77.3 Å². The lowest BCUT2D eigenvalue weighted by molar-refractivity contribution is -0.125. The molecule has 2 aliphatic rings. The largest absolute Gasteiger partial charge is 0.447 e. The number of halogens is 1. The number of carbonyl (C=O) groups excluding carboxylic acids is 2. The van der Waals surface area contributed by atoms with Crippen LogP contribution in [0.5, 0.6) is 0 Å². The highest BCUT2D eigenvalue weighted by molar-refractivity contribution is 7.99. The number of rotatable bonds is 5. The first-order chi connectivity index (χ1) is 13.1. The van der Waals surface area contributed by atoms with E-state index in [0.717, 1.165) is 42.0 Å². The van der Waals surface area contributed by atoms with Gasteiger partial charge in [0.05, 0.1) is 17.3 Å². The van der Waals surface area contributed by atoms with Gasteiger partial charge in [0.25, 0.3) is 0 Å². The second-order valence-electron chi connectivity index (χ2n) is 6.54. The molecule has 1 saturated carbocycles. The van der Waals surface area contributed by atoms with Gasteiger partial charge in [-0.15, -0.1) is 10.2 Å². The Morgan fingerprint density at radius 1 is 1.26 bits per heavy atom. The Balaban J connectivity index is 1.60. The van der Waals surface area contributed by atoms with E-state index < -0.39 is 6.09 Å². The lowest BCUT2D eigenvalue weighted by atomic mass is 10.2.